The molecule has 9 atom stereocenters. The number of carbonyl (C=O) groups is 3. The number of esters is 1. The number of aliphatic hydroxyl groups is 2. The summed E-state index contributed by atoms with van der Waals surface area (Å²) in [5.74, 6) is -4.46. The van der Waals surface area contributed by atoms with E-state index in [2.05, 4.69) is 5.32 Å². The zero-order chi connectivity index (χ0) is 38.7. The molecule has 0 spiro atoms. The second-order valence-corrected chi connectivity index (χ2v) is 17.1. The maximum atomic E-state index is 17.6. The van der Waals surface area contributed by atoms with Crippen LogP contribution in [0.3, 0.4) is 0 Å². The molecule has 5 fully saturated rings. The minimum atomic E-state index is -2.14. The number of aromatic nitrogens is 1. The number of methoxy groups -OCH3 is 1. The summed E-state index contributed by atoms with van der Waals surface area (Å²) in [5, 5.41) is 27.3. The predicted molar refractivity (Wildman–Crippen MR) is 196 cm³/mol. The number of allylic oxidation sites excluding steroid dienone is 4. The van der Waals surface area contributed by atoms with E-state index in [0.29, 0.717) is 50.0 Å². The van der Waals surface area contributed by atoms with E-state index >= 15 is 8.78 Å². The Morgan fingerprint density at radius 1 is 1.13 bits per heavy atom. The summed E-state index contributed by atoms with van der Waals surface area (Å²) in [4.78, 5) is 55.9. The van der Waals surface area contributed by atoms with Crippen LogP contribution < -0.4 is 20.4 Å². The average molecular weight is 750 g/mol. The van der Waals surface area contributed by atoms with Crippen molar-refractivity contribution in [3.8, 4) is 5.75 Å². The number of nitrogens with zero attached hydrogens (tertiary/aromatic N) is 2. The van der Waals surface area contributed by atoms with Gasteiger partial charge in [0.05, 0.1) is 24.1 Å². The van der Waals surface area contributed by atoms with Crippen molar-refractivity contribution < 1.29 is 42.9 Å². The van der Waals surface area contributed by atoms with Gasteiger partial charge in [-0.15, -0.1) is 0 Å². The molecule has 1 aromatic carbocycles. The molecule has 1 aliphatic heterocycles. The number of anilines is 1. The number of fused-ring (bicyclic) bond motifs is 6. The molecule has 6 aliphatic rings. The van der Waals surface area contributed by atoms with E-state index in [1.807, 2.05) is 11.8 Å². The zero-order valence-electron chi connectivity index (χ0n) is 31.4. The minimum absolute atomic E-state index is 0.0513. The summed E-state index contributed by atoms with van der Waals surface area (Å²) in [6.07, 6.45) is 6.57. The van der Waals surface area contributed by atoms with Crippen LogP contribution in [-0.4, -0.2) is 89.1 Å². The second-order valence-electron chi connectivity index (χ2n) is 17.1. The van der Waals surface area contributed by atoms with Crippen LogP contribution in [0.2, 0.25) is 0 Å². The number of aliphatic hydroxyl groups excluding tert-OH is 1. The maximum absolute atomic E-state index is 17.6. The van der Waals surface area contributed by atoms with E-state index < -0.39 is 75.6 Å². The second kappa shape index (κ2) is 12.5. The number of halogens is 2. The Morgan fingerprint density at radius 2 is 1.87 bits per heavy atom. The number of alkyl halides is 1. The molecular formula is C41H49F2N3O8. The first-order chi connectivity index (χ1) is 25.5. The van der Waals surface area contributed by atoms with Crippen LogP contribution in [0.15, 0.2) is 40.9 Å². The molecule has 4 saturated carbocycles. The van der Waals surface area contributed by atoms with Crippen molar-refractivity contribution in [2.24, 2.45) is 28.6 Å². The Balaban J connectivity index is 1.08. The Morgan fingerprint density at radius 3 is 2.56 bits per heavy atom. The van der Waals surface area contributed by atoms with Gasteiger partial charge in [0, 0.05) is 54.7 Å². The quantitative estimate of drug-likeness (QED) is 0.349. The van der Waals surface area contributed by atoms with Gasteiger partial charge < -0.3 is 34.5 Å². The average Bonchev–Trinajstić information content (AvgIpc) is 3.95. The van der Waals surface area contributed by atoms with Gasteiger partial charge in [-0.1, -0.05) is 25.5 Å². The largest absolute Gasteiger partial charge is 0.492 e. The summed E-state index contributed by atoms with van der Waals surface area (Å²) in [6, 6.07) is 1.18. The van der Waals surface area contributed by atoms with Crippen LogP contribution in [0.5, 0.6) is 5.75 Å². The van der Waals surface area contributed by atoms with Crippen LogP contribution in [0, 0.1) is 34.4 Å². The van der Waals surface area contributed by atoms with Crippen molar-refractivity contribution in [3.63, 3.8) is 0 Å². The molecule has 1 unspecified atom stereocenters. The fourth-order valence-corrected chi connectivity index (χ4v) is 11.3. The lowest BCUT2D eigenvalue weighted by molar-refractivity contribution is -0.219. The first-order valence-corrected chi connectivity index (χ1v) is 19.2. The lowest BCUT2D eigenvalue weighted by Gasteiger charge is -2.62. The maximum Gasteiger partial charge on any atom is 0.344 e. The molecule has 1 saturated heterocycles. The van der Waals surface area contributed by atoms with Crippen LogP contribution >= 0.6 is 0 Å². The van der Waals surface area contributed by atoms with E-state index in [1.165, 1.54) is 25.5 Å². The van der Waals surface area contributed by atoms with Crippen molar-refractivity contribution in [2.75, 3.05) is 38.3 Å². The number of Topliss-reactive ketones (excluding diaryl/α,β-unsaturated/α-hetero) is 1. The third kappa shape index (κ3) is 4.99. The first kappa shape index (κ1) is 37.0. The number of carbonyl (C=O) groups excluding carboxylic acids is 3. The zero-order valence-corrected chi connectivity index (χ0v) is 31.4. The molecule has 0 amide bonds. The highest BCUT2D eigenvalue weighted by molar-refractivity contribution is 6.01. The summed E-state index contributed by atoms with van der Waals surface area (Å²) in [6.45, 7) is 7.96. The Bertz CT molecular complexity index is 2100. The molecule has 8 rings (SSSR count). The third-order valence-electron chi connectivity index (χ3n) is 14.2. The first-order valence-electron chi connectivity index (χ1n) is 19.2. The van der Waals surface area contributed by atoms with Gasteiger partial charge >= 0.3 is 5.97 Å². The van der Waals surface area contributed by atoms with Crippen LogP contribution in [0.4, 0.5) is 14.5 Å². The number of ketones is 2. The van der Waals surface area contributed by atoms with Crippen LogP contribution in [0.1, 0.15) is 82.6 Å². The van der Waals surface area contributed by atoms with Gasteiger partial charge in [0.15, 0.2) is 29.6 Å². The van der Waals surface area contributed by atoms with Gasteiger partial charge in [-0.05, 0) is 82.4 Å². The van der Waals surface area contributed by atoms with Gasteiger partial charge in [0.25, 0.3) is 0 Å². The molecule has 0 bridgehead atoms. The number of piperazine rings is 1. The van der Waals surface area contributed by atoms with Crippen molar-refractivity contribution in [2.45, 2.75) is 95.7 Å². The van der Waals surface area contributed by atoms with Gasteiger partial charge in [-0.3, -0.25) is 14.4 Å². The smallest absolute Gasteiger partial charge is 0.344 e. The molecule has 13 heteroatoms. The van der Waals surface area contributed by atoms with Crippen molar-refractivity contribution >= 4 is 34.1 Å². The fourth-order valence-electron chi connectivity index (χ4n) is 11.3. The van der Waals surface area contributed by atoms with Crippen LogP contribution in [-0.2, 0) is 14.3 Å². The monoisotopic (exact) mass is 749 g/mol. The lowest BCUT2D eigenvalue weighted by Crippen LogP contribution is -2.69. The normalized spacial score (nSPS) is 37.4. The number of benzene rings is 1. The van der Waals surface area contributed by atoms with E-state index in [9.17, 15) is 29.4 Å². The summed E-state index contributed by atoms with van der Waals surface area (Å²) >= 11 is 0. The molecule has 2 aromatic rings. The fraction of sp³-hybridized carbons (Fsp3) is 0.610. The van der Waals surface area contributed by atoms with E-state index in [0.717, 1.165) is 18.9 Å². The molecule has 1 aromatic heterocycles. The van der Waals surface area contributed by atoms with E-state index in [4.69, 9.17) is 9.47 Å². The molecule has 11 nitrogen and oxygen atoms in total. The number of hydrogen-bond donors (Lipinski definition) is 3. The topological polar surface area (TPSA) is 147 Å². The number of pyridine rings is 1. The summed E-state index contributed by atoms with van der Waals surface area (Å²) in [5.41, 5.74) is -6.60. The molecule has 0 radical (unpaired) electrons. The number of nitrogens with one attached hydrogen (secondary N) is 1. The molecule has 5 aliphatic carbocycles. The van der Waals surface area contributed by atoms with Gasteiger partial charge in [0.1, 0.15) is 16.9 Å². The van der Waals surface area contributed by atoms with Gasteiger partial charge in [-0.2, -0.15) is 0 Å². The van der Waals surface area contributed by atoms with E-state index in [-0.39, 0.29) is 46.7 Å². The SMILES string of the molecule is COc1c(N2CCNC(C)C2)c(F)cc2c(=O)c(C(=O)OCC(=O)[C@@]3(O)[C@@H](C)C[C@H]4[C@@H]5CCC6=CC(=O)C=C[C@]6(C)[C@@]5(F)[C@@H](O)C[C@@]43C)cn(C3CC3)c12. The Kier molecular flexibility index (Phi) is 8.59. The van der Waals surface area contributed by atoms with Crippen LogP contribution in [0.25, 0.3) is 10.9 Å². The highest BCUT2D eigenvalue weighted by Crippen LogP contribution is 2.70. The van der Waals surface area contributed by atoms with Crippen molar-refractivity contribution in [1.29, 1.82) is 0 Å². The highest BCUT2D eigenvalue weighted by Gasteiger charge is 2.75. The lowest BCUT2D eigenvalue weighted by atomic mass is 9.44. The van der Waals surface area contributed by atoms with Crippen molar-refractivity contribution in [3.05, 3.63) is 57.7 Å². The number of hydrogen-bond acceptors (Lipinski definition) is 10. The highest BCUT2D eigenvalue weighted by atomic mass is 19.1. The molecule has 54 heavy (non-hydrogen) atoms. The van der Waals surface area contributed by atoms with Crippen molar-refractivity contribution in [1.82, 2.24) is 9.88 Å². The molecule has 3 N–H and O–H groups in total. The Hall–Kier alpha value is -3.94. The molecular weight excluding hydrogens is 700 g/mol. The molecule has 290 valence electrons. The third-order valence-corrected chi connectivity index (χ3v) is 14.2. The Labute approximate surface area is 312 Å². The number of rotatable bonds is 7. The molecule has 2 heterocycles. The predicted octanol–water partition coefficient (Wildman–Crippen LogP) is 4.36. The standard InChI is InChI=1S/C41H49F2N3O8/c1-21-14-29-28-9-6-23-15-25(47)10-11-38(23,3)40(28,43)31(48)17-39(29,4)41(21,52)32(49)20-54-37(51)27-19-46(24-7-8-24)33-26(35(27)50)16-30(42)34(36(33)53-5)45-13-12-44-22(2)18-45/h10-11,15-16,19,21-22,24,28-29,31,44,48,52H,6-9,12-14,17-18,20H2,1-5H3/t21-,22?,28-,29-,31-,38-,39-,40-,41-/m0/s1. The minimum Gasteiger partial charge on any atom is -0.492 e. The van der Waals surface area contributed by atoms with E-state index in [1.54, 1.807) is 31.4 Å². The number of ether oxygens (including phenoxy) is 2. The summed E-state index contributed by atoms with van der Waals surface area (Å²) < 4.78 is 46.6. The van der Waals surface area contributed by atoms with Gasteiger partial charge in [-0.25, -0.2) is 13.6 Å². The van der Waals surface area contributed by atoms with Gasteiger partial charge in [0.2, 0.25) is 11.2 Å². The summed E-state index contributed by atoms with van der Waals surface area (Å²) in [7, 11) is 1.43.